The van der Waals surface area contributed by atoms with E-state index < -0.39 is 5.91 Å². The molecule has 0 spiro atoms. The van der Waals surface area contributed by atoms with E-state index in [0.29, 0.717) is 22.4 Å². The fraction of sp³-hybridized carbons (Fsp3) is 0.600. The summed E-state index contributed by atoms with van der Waals surface area (Å²) >= 11 is 6.24. The van der Waals surface area contributed by atoms with Crippen molar-refractivity contribution < 1.29 is 9.53 Å². The van der Waals surface area contributed by atoms with Crippen LogP contribution in [0.4, 0.5) is 5.82 Å². The van der Waals surface area contributed by atoms with E-state index in [4.69, 9.17) is 22.1 Å². The fourth-order valence-corrected chi connectivity index (χ4v) is 3.28. The highest BCUT2D eigenvalue weighted by molar-refractivity contribution is 6.33. The summed E-state index contributed by atoms with van der Waals surface area (Å²) < 4.78 is 5.75. The predicted octanol–water partition coefficient (Wildman–Crippen LogP) is 2.47. The Labute approximate surface area is 130 Å². The van der Waals surface area contributed by atoms with Gasteiger partial charge in [-0.2, -0.15) is 0 Å². The molecule has 2 atom stereocenters. The summed E-state index contributed by atoms with van der Waals surface area (Å²) in [6.45, 7) is 7.10. The van der Waals surface area contributed by atoms with Crippen LogP contribution < -0.4 is 10.6 Å². The Morgan fingerprint density at radius 3 is 2.76 bits per heavy atom. The van der Waals surface area contributed by atoms with Gasteiger partial charge < -0.3 is 15.4 Å². The Hall–Kier alpha value is -1.33. The standard InChI is InChI=1S/C15H22ClN3O2/c1-5-21-12-7-11(15(12,2)3)19(4)14-10(16)6-9(8-18-14)13(17)20/h6,8,11-12H,5,7H2,1-4H3,(H2,17,20). The lowest BCUT2D eigenvalue weighted by Gasteiger charge is -2.55. The van der Waals surface area contributed by atoms with Crippen LogP contribution in [0, 0.1) is 5.41 Å². The van der Waals surface area contributed by atoms with Gasteiger partial charge in [0.05, 0.1) is 16.7 Å². The third-order valence-electron chi connectivity index (χ3n) is 4.40. The van der Waals surface area contributed by atoms with Crippen molar-refractivity contribution in [2.75, 3.05) is 18.6 Å². The van der Waals surface area contributed by atoms with Gasteiger partial charge >= 0.3 is 0 Å². The first kappa shape index (κ1) is 16.0. The van der Waals surface area contributed by atoms with Crippen LogP contribution in [-0.2, 0) is 4.74 Å². The molecule has 1 aliphatic carbocycles. The Balaban J connectivity index is 2.18. The van der Waals surface area contributed by atoms with Gasteiger partial charge in [-0.05, 0) is 19.4 Å². The van der Waals surface area contributed by atoms with Gasteiger partial charge in [0.15, 0.2) is 0 Å². The van der Waals surface area contributed by atoms with Crippen molar-refractivity contribution in [2.45, 2.75) is 39.3 Å². The van der Waals surface area contributed by atoms with E-state index in [1.807, 2.05) is 14.0 Å². The van der Waals surface area contributed by atoms with Crippen LogP contribution in [0.3, 0.4) is 0 Å². The summed E-state index contributed by atoms with van der Waals surface area (Å²) in [6.07, 6.45) is 2.65. The Morgan fingerprint density at radius 1 is 1.62 bits per heavy atom. The highest BCUT2D eigenvalue weighted by Crippen LogP contribution is 2.47. The third kappa shape index (κ3) is 2.85. The number of anilines is 1. The monoisotopic (exact) mass is 311 g/mol. The molecule has 2 unspecified atom stereocenters. The minimum absolute atomic E-state index is 0.0259. The van der Waals surface area contributed by atoms with Gasteiger partial charge in [-0.1, -0.05) is 25.4 Å². The molecule has 0 saturated heterocycles. The second-order valence-corrected chi connectivity index (χ2v) is 6.43. The number of halogens is 1. The zero-order valence-electron chi connectivity index (χ0n) is 12.9. The zero-order chi connectivity index (χ0) is 15.8. The smallest absolute Gasteiger partial charge is 0.250 e. The molecule has 0 aliphatic heterocycles. The molecule has 2 rings (SSSR count). The third-order valence-corrected chi connectivity index (χ3v) is 4.68. The lowest BCUT2D eigenvalue weighted by molar-refractivity contribution is -0.104. The summed E-state index contributed by atoms with van der Waals surface area (Å²) in [5.74, 6) is 0.133. The first-order valence-corrected chi connectivity index (χ1v) is 7.46. The molecule has 0 radical (unpaired) electrons. The average molecular weight is 312 g/mol. The first-order valence-electron chi connectivity index (χ1n) is 7.08. The van der Waals surface area contributed by atoms with Crippen LogP contribution >= 0.6 is 11.6 Å². The molecule has 2 N–H and O–H groups in total. The molecule has 1 aliphatic rings. The number of amides is 1. The summed E-state index contributed by atoms with van der Waals surface area (Å²) in [5, 5.41) is 0.435. The number of ether oxygens (including phenoxy) is 1. The van der Waals surface area contributed by atoms with E-state index >= 15 is 0 Å². The molecule has 0 bridgehead atoms. The number of aromatic nitrogens is 1. The van der Waals surface area contributed by atoms with E-state index in [1.165, 1.54) is 6.20 Å². The maximum Gasteiger partial charge on any atom is 0.250 e. The van der Waals surface area contributed by atoms with Crippen LogP contribution in [0.25, 0.3) is 0 Å². The number of nitrogens with two attached hydrogens (primary N) is 1. The van der Waals surface area contributed by atoms with Gasteiger partial charge in [-0.25, -0.2) is 4.98 Å². The van der Waals surface area contributed by atoms with Gasteiger partial charge in [-0.3, -0.25) is 4.79 Å². The summed E-state index contributed by atoms with van der Waals surface area (Å²) in [5.41, 5.74) is 5.58. The second kappa shape index (κ2) is 5.81. The topological polar surface area (TPSA) is 68.4 Å². The number of rotatable bonds is 5. The highest BCUT2D eigenvalue weighted by atomic mass is 35.5. The molecule has 6 heteroatoms. The molecular weight excluding hydrogens is 290 g/mol. The van der Waals surface area contributed by atoms with E-state index in [1.54, 1.807) is 6.07 Å². The Bertz CT molecular complexity index is 548. The minimum Gasteiger partial charge on any atom is -0.378 e. The van der Waals surface area contributed by atoms with Gasteiger partial charge in [0.2, 0.25) is 5.91 Å². The molecule has 1 aromatic heterocycles. The van der Waals surface area contributed by atoms with Crippen LogP contribution in [0.2, 0.25) is 5.02 Å². The molecule has 1 aromatic rings. The summed E-state index contributed by atoms with van der Waals surface area (Å²) in [6, 6.07) is 1.85. The van der Waals surface area contributed by atoms with E-state index in [0.717, 1.165) is 13.0 Å². The van der Waals surface area contributed by atoms with Crippen molar-refractivity contribution in [2.24, 2.45) is 11.1 Å². The van der Waals surface area contributed by atoms with Crippen molar-refractivity contribution in [3.05, 3.63) is 22.8 Å². The first-order chi connectivity index (χ1) is 9.78. The molecule has 1 heterocycles. The molecule has 1 fully saturated rings. The van der Waals surface area contributed by atoms with Crippen molar-refractivity contribution in [1.29, 1.82) is 0 Å². The van der Waals surface area contributed by atoms with Crippen LogP contribution in [0.5, 0.6) is 0 Å². The van der Waals surface area contributed by atoms with Crippen molar-refractivity contribution >= 4 is 23.3 Å². The lowest BCUT2D eigenvalue weighted by Crippen LogP contribution is -2.61. The number of primary amides is 1. The number of hydrogen-bond acceptors (Lipinski definition) is 4. The minimum atomic E-state index is -0.529. The largest absolute Gasteiger partial charge is 0.378 e. The number of nitrogens with zero attached hydrogens (tertiary/aromatic N) is 2. The molecule has 21 heavy (non-hydrogen) atoms. The molecule has 0 aromatic carbocycles. The van der Waals surface area contributed by atoms with E-state index in [9.17, 15) is 4.79 Å². The van der Waals surface area contributed by atoms with E-state index in [-0.39, 0.29) is 11.5 Å². The number of hydrogen-bond donors (Lipinski definition) is 1. The van der Waals surface area contributed by atoms with Gasteiger partial charge in [-0.15, -0.1) is 0 Å². The molecule has 116 valence electrons. The molecule has 1 saturated carbocycles. The normalized spacial score (nSPS) is 23.5. The zero-order valence-corrected chi connectivity index (χ0v) is 13.6. The number of carbonyl (C=O) groups excluding carboxylic acids is 1. The van der Waals surface area contributed by atoms with Crippen LogP contribution in [-0.4, -0.2) is 36.7 Å². The van der Waals surface area contributed by atoms with Gasteiger partial charge in [0.25, 0.3) is 0 Å². The van der Waals surface area contributed by atoms with Crippen LogP contribution in [0.1, 0.15) is 37.6 Å². The SMILES string of the molecule is CCOC1CC(N(C)c2ncc(C(N)=O)cc2Cl)C1(C)C. The van der Waals surface area contributed by atoms with Gasteiger partial charge in [0.1, 0.15) is 5.82 Å². The van der Waals surface area contributed by atoms with E-state index in [2.05, 4.69) is 23.7 Å². The fourth-order valence-electron chi connectivity index (χ4n) is 2.98. The maximum absolute atomic E-state index is 11.1. The Morgan fingerprint density at radius 2 is 2.29 bits per heavy atom. The number of carbonyl (C=O) groups is 1. The molecular formula is C15H22ClN3O2. The summed E-state index contributed by atoms with van der Waals surface area (Å²) in [4.78, 5) is 17.5. The average Bonchev–Trinajstić information content (AvgIpc) is 2.42. The molecule has 5 nitrogen and oxygen atoms in total. The highest BCUT2D eigenvalue weighted by Gasteiger charge is 2.51. The van der Waals surface area contributed by atoms with Gasteiger partial charge in [0, 0.05) is 31.3 Å². The maximum atomic E-state index is 11.1. The van der Waals surface area contributed by atoms with Crippen molar-refractivity contribution in [3.63, 3.8) is 0 Å². The quantitative estimate of drug-likeness (QED) is 0.907. The van der Waals surface area contributed by atoms with Crippen molar-refractivity contribution in [1.82, 2.24) is 4.98 Å². The molecule has 1 amide bonds. The number of pyridine rings is 1. The van der Waals surface area contributed by atoms with Crippen molar-refractivity contribution in [3.8, 4) is 0 Å². The second-order valence-electron chi connectivity index (χ2n) is 6.02. The Kier molecular flexibility index (Phi) is 4.44. The van der Waals surface area contributed by atoms with Crippen LogP contribution in [0.15, 0.2) is 12.3 Å². The summed E-state index contributed by atoms with van der Waals surface area (Å²) in [7, 11) is 1.97. The lowest BCUT2D eigenvalue weighted by atomic mass is 9.64. The predicted molar refractivity (Wildman–Crippen MR) is 83.8 cm³/mol.